The number of aliphatic carboxylic acids is 1. The van der Waals surface area contributed by atoms with Gasteiger partial charge in [-0.2, -0.15) is 0 Å². The summed E-state index contributed by atoms with van der Waals surface area (Å²) in [6.45, 7) is 0.285. The van der Waals surface area contributed by atoms with Crippen LogP contribution in [0.4, 0.5) is 4.79 Å². The molecule has 3 aromatic carbocycles. The Hall–Kier alpha value is -3.60. The molecule has 0 saturated heterocycles. The summed E-state index contributed by atoms with van der Waals surface area (Å²) in [7, 11) is 0. The molecule has 0 unspecified atom stereocenters. The molecule has 3 aromatic rings. The summed E-state index contributed by atoms with van der Waals surface area (Å²) in [5, 5.41) is 12.0. The van der Waals surface area contributed by atoms with E-state index in [0.29, 0.717) is 0 Å². The maximum atomic E-state index is 12.7. The molecule has 5 heteroatoms. The Morgan fingerprint density at radius 2 is 1.48 bits per heavy atom. The van der Waals surface area contributed by atoms with Gasteiger partial charge >= 0.3 is 12.1 Å². The molecule has 31 heavy (non-hydrogen) atoms. The van der Waals surface area contributed by atoms with Gasteiger partial charge in [0.25, 0.3) is 0 Å². The fourth-order valence-corrected chi connectivity index (χ4v) is 4.56. The molecule has 2 aliphatic carbocycles. The number of carbonyl (C=O) groups excluding carboxylic acids is 1. The van der Waals surface area contributed by atoms with Crippen molar-refractivity contribution in [2.24, 2.45) is 0 Å². The van der Waals surface area contributed by atoms with Crippen molar-refractivity contribution in [3.63, 3.8) is 0 Å². The summed E-state index contributed by atoms with van der Waals surface area (Å²) in [6.07, 6.45) is 1.26. The van der Waals surface area contributed by atoms with Gasteiger partial charge in [0.15, 0.2) is 0 Å². The third-order valence-corrected chi connectivity index (χ3v) is 6.30. The summed E-state index contributed by atoms with van der Waals surface area (Å²) >= 11 is 0. The van der Waals surface area contributed by atoms with Crippen molar-refractivity contribution in [2.45, 2.75) is 30.7 Å². The van der Waals surface area contributed by atoms with Crippen molar-refractivity contribution < 1.29 is 19.4 Å². The number of ether oxygens (including phenoxy) is 1. The van der Waals surface area contributed by atoms with Gasteiger partial charge in [0.05, 0.1) is 12.0 Å². The van der Waals surface area contributed by atoms with Crippen LogP contribution in [0.1, 0.15) is 41.0 Å². The summed E-state index contributed by atoms with van der Waals surface area (Å²) < 4.78 is 5.69. The highest BCUT2D eigenvalue weighted by atomic mass is 16.5. The molecule has 5 rings (SSSR count). The Morgan fingerprint density at radius 3 is 2.03 bits per heavy atom. The van der Waals surface area contributed by atoms with Crippen LogP contribution in [0.15, 0.2) is 72.8 Å². The first kappa shape index (κ1) is 19.4. The summed E-state index contributed by atoms with van der Waals surface area (Å²) in [5.74, 6) is -0.825. The van der Waals surface area contributed by atoms with E-state index in [4.69, 9.17) is 9.84 Å². The molecular formula is C26H23NO4. The van der Waals surface area contributed by atoms with Crippen LogP contribution in [-0.4, -0.2) is 23.8 Å². The molecule has 2 N–H and O–H groups in total. The van der Waals surface area contributed by atoms with Gasteiger partial charge in [-0.3, -0.25) is 4.79 Å². The van der Waals surface area contributed by atoms with E-state index < -0.39 is 17.6 Å². The molecule has 0 radical (unpaired) electrons. The highest BCUT2D eigenvalue weighted by Crippen LogP contribution is 2.46. The van der Waals surface area contributed by atoms with Crippen molar-refractivity contribution in [1.29, 1.82) is 0 Å². The number of hydrogen-bond acceptors (Lipinski definition) is 3. The van der Waals surface area contributed by atoms with Crippen LogP contribution in [0.3, 0.4) is 0 Å². The lowest BCUT2D eigenvalue weighted by atomic mass is 9.98. The zero-order valence-electron chi connectivity index (χ0n) is 17.0. The molecule has 1 amide bonds. The molecule has 0 spiro atoms. The molecule has 1 saturated carbocycles. The van der Waals surface area contributed by atoms with Crippen molar-refractivity contribution in [3.05, 3.63) is 95.1 Å². The zero-order chi connectivity index (χ0) is 21.4. The average Bonchev–Trinajstić information content (AvgIpc) is 3.48. The third-order valence-electron chi connectivity index (χ3n) is 6.30. The van der Waals surface area contributed by atoms with Gasteiger partial charge in [0.1, 0.15) is 6.61 Å². The molecule has 1 fully saturated rings. The van der Waals surface area contributed by atoms with Gasteiger partial charge in [-0.25, -0.2) is 4.79 Å². The molecule has 0 heterocycles. The molecule has 2 aliphatic rings. The minimum Gasteiger partial charge on any atom is -0.481 e. The standard InChI is InChI=1S/C26H23NO4/c28-24(29)15-17-9-11-18(12-10-17)26(13-14-26)27-25(30)31-16-23-21-7-3-1-5-19(21)20-6-2-4-8-22(20)23/h1-12,23H,13-16H2,(H,27,30)(H,28,29). The number of fused-ring (bicyclic) bond motifs is 3. The number of carboxylic acid groups (broad SMARTS) is 1. The van der Waals surface area contributed by atoms with Gasteiger partial charge in [-0.1, -0.05) is 72.8 Å². The Kier molecular flexibility index (Phi) is 4.74. The first-order chi connectivity index (χ1) is 15.1. The summed E-state index contributed by atoms with van der Waals surface area (Å²) in [4.78, 5) is 23.5. The predicted molar refractivity (Wildman–Crippen MR) is 117 cm³/mol. The number of benzene rings is 3. The SMILES string of the molecule is O=C(O)Cc1ccc(C2(NC(=O)OCC3c4ccccc4-c4ccccc43)CC2)cc1. The van der Waals surface area contributed by atoms with Crippen molar-refractivity contribution in [1.82, 2.24) is 5.32 Å². The Bertz CT molecular complexity index is 1100. The molecule has 0 aromatic heterocycles. The number of hydrogen-bond donors (Lipinski definition) is 2. The molecule has 0 aliphatic heterocycles. The van der Waals surface area contributed by atoms with Crippen LogP contribution in [0, 0.1) is 0 Å². The van der Waals surface area contributed by atoms with Gasteiger partial charge < -0.3 is 15.2 Å². The number of carboxylic acids is 1. The Morgan fingerprint density at radius 1 is 0.903 bits per heavy atom. The lowest BCUT2D eigenvalue weighted by Crippen LogP contribution is -2.36. The highest BCUT2D eigenvalue weighted by Gasteiger charge is 2.46. The van der Waals surface area contributed by atoms with E-state index in [0.717, 1.165) is 24.0 Å². The minimum atomic E-state index is -0.856. The Labute approximate surface area is 180 Å². The topological polar surface area (TPSA) is 75.6 Å². The second kappa shape index (κ2) is 7.58. The van der Waals surface area contributed by atoms with Crippen molar-refractivity contribution in [2.75, 3.05) is 6.61 Å². The molecular weight excluding hydrogens is 390 g/mol. The molecule has 156 valence electrons. The fraction of sp³-hybridized carbons (Fsp3) is 0.231. The number of alkyl carbamates (subject to hydrolysis) is 1. The van der Waals surface area contributed by atoms with E-state index in [2.05, 4.69) is 29.6 Å². The molecule has 0 bridgehead atoms. The van der Waals surface area contributed by atoms with Crippen LogP contribution >= 0.6 is 0 Å². The van der Waals surface area contributed by atoms with E-state index >= 15 is 0 Å². The Balaban J connectivity index is 1.26. The van der Waals surface area contributed by atoms with E-state index in [1.54, 1.807) is 0 Å². The lowest BCUT2D eigenvalue weighted by Gasteiger charge is -2.20. The number of nitrogens with one attached hydrogen (secondary N) is 1. The average molecular weight is 413 g/mol. The first-order valence-corrected chi connectivity index (χ1v) is 10.5. The van der Waals surface area contributed by atoms with Crippen molar-refractivity contribution >= 4 is 12.1 Å². The highest BCUT2D eigenvalue weighted by molar-refractivity contribution is 5.79. The summed E-state index contributed by atoms with van der Waals surface area (Å²) in [6, 6.07) is 23.9. The minimum absolute atomic E-state index is 0.00686. The summed E-state index contributed by atoms with van der Waals surface area (Å²) in [5.41, 5.74) is 6.09. The second-order valence-corrected chi connectivity index (χ2v) is 8.30. The van der Waals surface area contributed by atoms with Crippen LogP contribution in [0.25, 0.3) is 11.1 Å². The number of amides is 1. The van der Waals surface area contributed by atoms with E-state index in [9.17, 15) is 9.59 Å². The van der Waals surface area contributed by atoms with Crippen LogP contribution in [0.5, 0.6) is 0 Å². The smallest absolute Gasteiger partial charge is 0.407 e. The van der Waals surface area contributed by atoms with Crippen molar-refractivity contribution in [3.8, 4) is 11.1 Å². The largest absolute Gasteiger partial charge is 0.481 e. The van der Waals surface area contributed by atoms with E-state index in [-0.39, 0.29) is 18.9 Å². The zero-order valence-corrected chi connectivity index (χ0v) is 17.0. The maximum Gasteiger partial charge on any atom is 0.407 e. The normalized spacial score (nSPS) is 15.6. The van der Waals surface area contributed by atoms with E-state index in [1.807, 2.05) is 48.5 Å². The monoisotopic (exact) mass is 413 g/mol. The number of rotatable bonds is 6. The number of carbonyl (C=O) groups is 2. The van der Waals surface area contributed by atoms with Gasteiger partial charge in [-0.05, 0) is 46.2 Å². The van der Waals surface area contributed by atoms with Gasteiger partial charge in [0, 0.05) is 5.92 Å². The van der Waals surface area contributed by atoms with Gasteiger partial charge in [0.2, 0.25) is 0 Å². The molecule has 5 nitrogen and oxygen atoms in total. The van der Waals surface area contributed by atoms with Gasteiger partial charge in [-0.15, -0.1) is 0 Å². The second-order valence-electron chi connectivity index (χ2n) is 8.30. The van der Waals surface area contributed by atoms with Crippen LogP contribution < -0.4 is 5.32 Å². The fourth-order valence-electron chi connectivity index (χ4n) is 4.56. The van der Waals surface area contributed by atoms with Crippen LogP contribution in [0.2, 0.25) is 0 Å². The van der Waals surface area contributed by atoms with Crippen LogP contribution in [-0.2, 0) is 21.5 Å². The first-order valence-electron chi connectivity index (χ1n) is 10.5. The predicted octanol–water partition coefficient (Wildman–Crippen LogP) is 4.84. The quantitative estimate of drug-likeness (QED) is 0.606. The van der Waals surface area contributed by atoms with E-state index in [1.165, 1.54) is 22.3 Å². The molecule has 0 atom stereocenters. The third kappa shape index (κ3) is 3.67. The lowest BCUT2D eigenvalue weighted by molar-refractivity contribution is -0.136. The maximum absolute atomic E-state index is 12.7.